The van der Waals surface area contributed by atoms with Crippen molar-refractivity contribution in [3.05, 3.63) is 69.1 Å². The number of amides is 1. The first-order chi connectivity index (χ1) is 13.2. The second-order valence-electron chi connectivity index (χ2n) is 7.17. The Hall–Kier alpha value is -2.44. The molecule has 2 N–H and O–H groups in total. The Bertz CT molecular complexity index is 877. The van der Waals surface area contributed by atoms with Gasteiger partial charge >= 0.3 is 0 Å². The van der Waals surface area contributed by atoms with E-state index in [1.54, 1.807) is 11.0 Å². The number of carbonyl (C=O) groups is 1. The topological polar surface area (TPSA) is 82.6 Å². The molecule has 2 heterocycles. The summed E-state index contributed by atoms with van der Waals surface area (Å²) >= 11 is 0. The molecule has 0 spiro atoms. The van der Waals surface area contributed by atoms with E-state index in [1.165, 1.54) is 0 Å². The molecule has 0 radical (unpaired) electrons. The van der Waals surface area contributed by atoms with E-state index in [4.69, 9.17) is 4.74 Å². The highest BCUT2D eigenvalue weighted by Crippen LogP contribution is 2.31. The van der Waals surface area contributed by atoms with Gasteiger partial charge in [-0.25, -0.2) is 0 Å². The third kappa shape index (κ3) is 3.42. The molecule has 6 nitrogen and oxygen atoms in total. The lowest BCUT2D eigenvalue weighted by Crippen LogP contribution is -2.50. The van der Waals surface area contributed by atoms with Gasteiger partial charge in [-0.05, 0) is 42.9 Å². The van der Waals surface area contributed by atoms with Gasteiger partial charge in [0.1, 0.15) is 11.7 Å². The summed E-state index contributed by atoms with van der Waals surface area (Å²) in [5.74, 6) is -0.305. The summed E-state index contributed by atoms with van der Waals surface area (Å²) in [5.41, 5.74) is 2.75. The molecular weight excluding hydrogens is 344 g/mol. The number of ether oxygens (including phenoxy) is 1. The number of morpholine rings is 1. The van der Waals surface area contributed by atoms with Gasteiger partial charge in [-0.3, -0.25) is 9.59 Å². The van der Waals surface area contributed by atoms with Crippen LogP contribution in [0.1, 0.15) is 46.1 Å². The Balaban J connectivity index is 1.72. The molecule has 142 valence electrons. The maximum atomic E-state index is 13.3. The van der Waals surface area contributed by atoms with Crippen LogP contribution in [0.3, 0.4) is 0 Å². The average molecular weight is 368 g/mol. The average Bonchev–Trinajstić information content (AvgIpc) is 2.72. The Morgan fingerprint density at radius 2 is 2.00 bits per heavy atom. The summed E-state index contributed by atoms with van der Waals surface area (Å²) in [6, 6.07) is 10.9. The van der Waals surface area contributed by atoms with Crippen LogP contribution in [0.2, 0.25) is 0 Å². The maximum Gasteiger partial charge on any atom is 0.261 e. The number of rotatable bonds is 3. The monoisotopic (exact) mass is 368 g/mol. The Labute approximate surface area is 157 Å². The smallest absolute Gasteiger partial charge is 0.261 e. The van der Waals surface area contributed by atoms with Crippen LogP contribution in [0.15, 0.2) is 41.2 Å². The van der Waals surface area contributed by atoms with Crippen molar-refractivity contribution in [2.24, 2.45) is 0 Å². The number of carbonyl (C=O) groups excluding carboxylic acids is 1. The van der Waals surface area contributed by atoms with Crippen LogP contribution in [-0.2, 0) is 17.6 Å². The van der Waals surface area contributed by atoms with Gasteiger partial charge in [-0.2, -0.15) is 0 Å². The minimum Gasteiger partial charge on any atom is -0.394 e. The lowest BCUT2D eigenvalue weighted by atomic mass is 9.94. The number of aliphatic hydroxyl groups is 1. The van der Waals surface area contributed by atoms with Crippen LogP contribution in [-0.4, -0.2) is 46.8 Å². The number of H-pyrrole nitrogens is 1. The SMILES string of the molecule is O=C(c1cc2c([nH]c1=O)CCCC2)N1CCO[C@H](CO)[C@H]1c1ccccc1. The van der Waals surface area contributed by atoms with Crippen molar-refractivity contribution < 1.29 is 14.6 Å². The van der Waals surface area contributed by atoms with Gasteiger partial charge in [0.25, 0.3) is 11.5 Å². The zero-order chi connectivity index (χ0) is 18.8. The van der Waals surface area contributed by atoms with Crippen LogP contribution in [0.5, 0.6) is 0 Å². The minimum absolute atomic E-state index is 0.176. The van der Waals surface area contributed by atoms with Crippen molar-refractivity contribution >= 4 is 5.91 Å². The molecule has 27 heavy (non-hydrogen) atoms. The molecule has 1 aliphatic carbocycles. The van der Waals surface area contributed by atoms with Crippen LogP contribution >= 0.6 is 0 Å². The molecule has 0 saturated carbocycles. The number of hydrogen-bond donors (Lipinski definition) is 2. The number of fused-ring (bicyclic) bond motifs is 1. The summed E-state index contributed by atoms with van der Waals surface area (Å²) in [6.07, 6.45) is 3.37. The normalized spacial score (nSPS) is 22.3. The van der Waals surface area contributed by atoms with E-state index in [9.17, 15) is 14.7 Å². The fraction of sp³-hybridized carbons (Fsp3) is 0.429. The summed E-state index contributed by atoms with van der Waals surface area (Å²) in [6.45, 7) is 0.526. The number of aromatic nitrogens is 1. The van der Waals surface area contributed by atoms with Gasteiger partial charge in [0.05, 0.1) is 19.3 Å². The van der Waals surface area contributed by atoms with Gasteiger partial charge in [-0.15, -0.1) is 0 Å². The second-order valence-corrected chi connectivity index (χ2v) is 7.17. The third-order valence-corrected chi connectivity index (χ3v) is 5.50. The lowest BCUT2D eigenvalue weighted by molar-refractivity contribution is -0.0811. The number of pyridine rings is 1. The number of benzene rings is 1. The van der Waals surface area contributed by atoms with Gasteiger partial charge in [-0.1, -0.05) is 30.3 Å². The number of hydrogen-bond acceptors (Lipinski definition) is 4. The largest absolute Gasteiger partial charge is 0.394 e. The number of aromatic amines is 1. The zero-order valence-corrected chi connectivity index (χ0v) is 15.2. The fourth-order valence-electron chi connectivity index (χ4n) is 4.15. The first kappa shape index (κ1) is 17.9. The fourth-order valence-corrected chi connectivity index (χ4v) is 4.15. The van der Waals surface area contributed by atoms with E-state index in [-0.39, 0.29) is 23.6 Å². The van der Waals surface area contributed by atoms with E-state index in [0.717, 1.165) is 42.5 Å². The molecule has 1 aromatic heterocycles. The molecule has 1 aliphatic heterocycles. The third-order valence-electron chi connectivity index (χ3n) is 5.50. The molecule has 1 fully saturated rings. The van der Waals surface area contributed by atoms with Crippen LogP contribution in [0.25, 0.3) is 0 Å². The van der Waals surface area contributed by atoms with Crippen LogP contribution < -0.4 is 5.56 Å². The molecule has 0 bridgehead atoms. The quantitative estimate of drug-likeness (QED) is 0.866. The highest BCUT2D eigenvalue weighted by atomic mass is 16.5. The molecule has 2 aliphatic rings. The van der Waals surface area contributed by atoms with E-state index in [0.29, 0.717) is 13.2 Å². The van der Waals surface area contributed by atoms with E-state index < -0.39 is 12.1 Å². The highest BCUT2D eigenvalue weighted by molar-refractivity contribution is 5.94. The molecule has 1 saturated heterocycles. The molecule has 0 unspecified atom stereocenters. The van der Waals surface area contributed by atoms with Crippen molar-refractivity contribution in [1.29, 1.82) is 0 Å². The van der Waals surface area contributed by atoms with Crippen molar-refractivity contribution in [1.82, 2.24) is 9.88 Å². The van der Waals surface area contributed by atoms with Crippen LogP contribution in [0, 0.1) is 0 Å². The van der Waals surface area contributed by atoms with Gasteiger partial charge in [0.2, 0.25) is 0 Å². The zero-order valence-electron chi connectivity index (χ0n) is 15.2. The van der Waals surface area contributed by atoms with Gasteiger partial charge in [0.15, 0.2) is 0 Å². The summed E-state index contributed by atoms with van der Waals surface area (Å²) in [4.78, 5) is 30.5. The minimum atomic E-state index is -0.512. The highest BCUT2D eigenvalue weighted by Gasteiger charge is 2.37. The van der Waals surface area contributed by atoms with Gasteiger partial charge in [0, 0.05) is 12.2 Å². The molecule has 4 rings (SSSR count). The Morgan fingerprint density at radius 3 is 2.78 bits per heavy atom. The van der Waals surface area contributed by atoms with E-state index in [1.807, 2.05) is 30.3 Å². The molecule has 2 atom stereocenters. The van der Waals surface area contributed by atoms with Crippen LogP contribution in [0.4, 0.5) is 0 Å². The predicted octanol–water partition coefficient (Wildman–Crippen LogP) is 1.83. The van der Waals surface area contributed by atoms with Gasteiger partial charge < -0.3 is 19.7 Å². The lowest BCUT2D eigenvalue weighted by Gasteiger charge is -2.41. The number of nitrogens with zero attached hydrogens (tertiary/aromatic N) is 1. The number of aliphatic hydroxyl groups excluding tert-OH is 1. The first-order valence-corrected chi connectivity index (χ1v) is 9.52. The van der Waals surface area contributed by atoms with E-state index in [2.05, 4.69) is 4.98 Å². The molecule has 2 aromatic rings. The standard InChI is InChI=1S/C21H24N2O4/c24-13-18-19(14-6-2-1-3-7-14)23(10-11-27-18)21(26)16-12-15-8-4-5-9-17(15)22-20(16)25/h1-3,6-7,12,18-19,24H,4-5,8-11,13H2,(H,22,25)/t18-,19-/m1/s1. The number of nitrogens with one attached hydrogen (secondary N) is 1. The summed E-state index contributed by atoms with van der Waals surface area (Å²) in [5, 5.41) is 9.77. The summed E-state index contributed by atoms with van der Waals surface area (Å²) < 4.78 is 5.70. The molecule has 1 aromatic carbocycles. The van der Waals surface area contributed by atoms with Crippen molar-refractivity contribution in [3.8, 4) is 0 Å². The molecular formula is C21H24N2O4. The predicted molar refractivity (Wildman–Crippen MR) is 101 cm³/mol. The Morgan fingerprint density at radius 1 is 1.22 bits per heavy atom. The summed E-state index contributed by atoms with van der Waals surface area (Å²) in [7, 11) is 0. The number of aryl methyl sites for hydroxylation is 2. The molecule has 1 amide bonds. The molecule has 6 heteroatoms. The van der Waals surface area contributed by atoms with E-state index >= 15 is 0 Å². The Kier molecular flexibility index (Phi) is 5.09. The first-order valence-electron chi connectivity index (χ1n) is 9.52. The van der Waals surface area contributed by atoms with Crippen molar-refractivity contribution in [3.63, 3.8) is 0 Å². The van der Waals surface area contributed by atoms with Crippen molar-refractivity contribution in [2.75, 3.05) is 19.8 Å². The maximum absolute atomic E-state index is 13.3. The van der Waals surface area contributed by atoms with Crippen molar-refractivity contribution in [2.45, 2.75) is 37.8 Å². The second kappa shape index (κ2) is 7.66.